The number of amides is 1. The molecule has 1 heterocycles. The summed E-state index contributed by atoms with van der Waals surface area (Å²) in [5.74, 6) is 0.905. The number of hydrogen-bond acceptors (Lipinski definition) is 2. The monoisotopic (exact) mass is 387 g/mol. The molecule has 0 fully saturated rings. The number of allylic oxidation sites excluding steroid dienone is 1. The molecular formula is C14H15Br2NO2. The third kappa shape index (κ3) is 2.87. The molecule has 5 heteroatoms. The van der Waals surface area contributed by atoms with Crippen LogP contribution in [0.25, 0.3) is 5.70 Å². The zero-order valence-corrected chi connectivity index (χ0v) is 14.0. The summed E-state index contributed by atoms with van der Waals surface area (Å²) in [6.45, 7) is 2.64. The van der Waals surface area contributed by atoms with Crippen LogP contribution in [0.5, 0.6) is 5.75 Å². The summed E-state index contributed by atoms with van der Waals surface area (Å²) in [5, 5.41) is 0. The summed E-state index contributed by atoms with van der Waals surface area (Å²) in [4.78, 5) is 13.9. The van der Waals surface area contributed by atoms with Crippen molar-refractivity contribution in [3.05, 3.63) is 34.3 Å². The Balaban J connectivity index is 2.42. The summed E-state index contributed by atoms with van der Waals surface area (Å²) in [5.41, 5.74) is 1.97. The molecule has 0 aliphatic carbocycles. The minimum Gasteiger partial charge on any atom is -0.497 e. The normalized spacial score (nSPS) is 19.4. The van der Waals surface area contributed by atoms with Crippen LogP contribution in [-0.2, 0) is 4.79 Å². The molecule has 1 atom stereocenters. The maximum absolute atomic E-state index is 12.2. The first-order chi connectivity index (χ1) is 9.08. The summed E-state index contributed by atoms with van der Waals surface area (Å²) >= 11 is 6.95. The molecule has 0 saturated carbocycles. The topological polar surface area (TPSA) is 29.5 Å². The number of alkyl halides is 1. The molecular weight excluding hydrogens is 374 g/mol. The fourth-order valence-electron chi connectivity index (χ4n) is 2.13. The van der Waals surface area contributed by atoms with E-state index in [-0.39, 0.29) is 10.7 Å². The van der Waals surface area contributed by atoms with E-state index in [1.807, 2.05) is 25.1 Å². The molecule has 1 aliphatic heterocycles. The zero-order valence-electron chi connectivity index (χ0n) is 10.8. The molecule has 1 aromatic carbocycles. The van der Waals surface area contributed by atoms with Gasteiger partial charge in [-0.2, -0.15) is 0 Å². The van der Waals surface area contributed by atoms with Crippen molar-refractivity contribution in [3.8, 4) is 5.75 Å². The van der Waals surface area contributed by atoms with Crippen molar-refractivity contribution in [2.45, 2.75) is 18.2 Å². The summed E-state index contributed by atoms with van der Waals surface area (Å²) in [7, 11) is 1.64. The quantitative estimate of drug-likeness (QED) is 0.736. The SMILES string of the molecule is CCN1C(=O)C(Br)CC=C1c1ccc(OC)cc1Br. The zero-order chi connectivity index (χ0) is 14.0. The lowest BCUT2D eigenvalue weighted by Crippen LogP contribution is -2.38. The van der Waals surface area contributed by atoms with Crippen molar-refractivity contribution >= 4 is 43.5 Å². The molecule has 0 aromatic heterocycles. The molecule has 2 rings (SSSR count). The van der Waals surface area contributed by atoms with Crippen molar-refractivity contribution < 1.29 is 9.53 Å². The van der Waals surface area contributed by atoms with Crippen LogP contribution in [0, 0.1) is 0 Å². The Kier molecular flexibility index (Phi) is 4.68. The van der Waals surface area contributed by atoms with E-state index in [1.54, 1.807) is 12.0 Å². The second-order valence-electron chi connectivity index (χ2n) is 4.22. The average molecular weight is 389 g/mol. The molecule has 102 valence electrons. The minimum atomic E-state index is -0.117. The molecule has 0 N–H and O–H groups in total. The van der Waals surface area contributed by atoms with Crippen LogP contribution >= 0.6 is 31.9 Å². The van der Waals surface area contributed by atoms with Gasteiger partial charge < -0.3 is 9.64 Å². The molecule has 1 aliphatic rings. The Morgan fingerprint density at radius 1 is 1.47 bits per heavy atom. The number of hydrogen-bond donors (Lipinski definition) is 0. The Bertz CT molecular complexity index is 528. The number of benzene rings is 1. The van der Waals surface area contributed by atoms with Crippen LogP contribution in [-0.4, -0.2) is 29.3 Å². The Hall–Kier alpha value is -0.810. The summed E-state index contributed by atoms with van der Waals surface area (Å²) in [6, 6.07) is 5.79. The predicted octanol–water partition coefficient (Wildman–Crippen LogP) is 3.81. The number of carbonyl (C=O) groups excluding carboxylic acids is 1. The van der Waals surface area contributed by atoms with Crippen LogP contribution in [0.4, 0.5) is 0 Å². The highest BCUT2D eigenvalue weighted by Crippen LogP contribution is 2.34. The van der Waals surface area contributed by atoms with Gasteiger partial charge in [0.15, 0.2) is 0 Å². The van der Waals surface area contributed by atoms with E-state index in [9.17, 15) is 4.79 Å². The standard InChI is InChI=1S/C14H15Br2NO2/c1-3-17-13(7-6-11(15)14(17)18)10-5-4-9(19-2)8-12(10)16/h4-5,7-8,11H,3,6H2,1-2H3. The molecule has 1 amide bonds. The molecule has 19 heavy (non-hydrogen) atoms. The van der Waals surface area contributed by atoms with Gasteiger partial charge in [0, 0.05) is 22.3 Å². The van der Waals surface area contributed by atoms with Gasteiger partial charge in [-0.3, -0.25) is 4.79 Å². The van der Waals surface area contributed by atoms with Crippen LogP contribution in [0.2, 0.25) is 0 Å². The van der Waals surface area contributed by atoms with Gasteiger partial charge in [0.1, 0.15) is 5.75 Å². The first-order valence-corrected chi connectivity index (χ1v) is 7.78. The van der Waals surface area contributed by atoms with E-state index >= 15 is 0 Å². The summed E-state index contributed by atoms with van der Waals surface area (Å²) < 4.78 is 6.12. The molecule has 3 nitrogen and oxygen atoms in total. The fourth-order valence-corrected chi connectivity index (χ4v) is 3.12. The molecule has 0 saturated heterocycles. The lowest BCUT2D eigenvalue weighted by atomic mass is 10.0. The van der Waals surface area contributed by atoms with Crippen molar-refractivity contribution in [2.75, 3.05) is 13.7 Å². The Labute approximate surface area is 129 Å². The van der Waals surface area contributed by atoms with Gasteiger partial charge in [-0.15, -0.1) is 0 Å². The van der Waals surface area contributed by atoms with E-state index in [0.29, 0.717) is 13.0 Å². The molecule has 0 radical (unpaired) electrons. The third-order valence-electron chi connectivity index (χ3n) is 3.11. The van der Waals surface area contributed by atoms with E-state index < -0.39 is 0 Å². The number of halogens is 2. The highest BCUT2D eigenvalue weighted by atomic mass is 79.9. The number of methoxy groups -OCH3 is 1. The summed E-state index contributed by atoms with van der Waals surface area (Å²) in [6.07, 6.45) is 2.81. The van der Waals surface area contributed by atoms with Gasteiger partial charge in [0.25, 0.3) is 0 Å². The minimum absolute atomic E-state index is 0.114. The second kappa shape index (κ2) is 6.09. The number of ether oxygens (including phenoxy) is 1. The molecule has 0 bridgehead atoms. The van der Waals surface area contributed by atoms with Crippen molar-refractivity contribution in [3.63, 3.8) is 0 Å². The lowest BCUT2D eigenvalue weighted by molar-refractivity contribution is -0.127. The Morgan fingerprint density at radius 3 is 2.79 bits per heavy atom. The first kappa shape index (κ1) is 14.6. The van der Waals surface area contributed by atoms with Crippen LogP contribution < -0.4 is 4.74 Å². The van der Waals surface area contributed by atoms with Gasteiger partial charge in [-0.25, -0.2) is 0 Å². The fraction of sp³-hybridized carbons (Fsp3) is 0.357. The van der Waals surface area contributed by atoms with Gasteiger partial charge in [-0.1, -0.05) is 22.0 Å². The molecule has 1 unspecified atom stereocenters. The van der Waals surface area contributed by atoms with Gasteiger partial charge >= 0.3 is 0 Å². The number of rotatable bonds is 3. The van der Waals surface area contributed by atoms with Crippen molar-refractivity contribution in [1.29, 1.82) is 0 Å². The first-order valence-electron chi connectivity index (χ1n) is 6.08. The van der Waals surface area contributed by atoms with Crippen molar-refractivity contribution in [2.24, 2.45) is 0 Å². The van der Waals surface area contributed by atoms with Gasteiger partial charge in [0.05, 0.1) is 11.9 Å². The third-order valence-corrected chi connectivity index (χ3v) is 4.53. The number of carbonyl (C=O) groups is 1. The van der Waals surface area contributed by atoms with E-state index in [2.05, 4.69) is 37.9 Å². The highest BCUT2D eigenvalue weighted by molar-refractivity contribution is 9.10. The maximum atomic E-state index is 12.2. The van der Waals surface area contributed by atoms with Crippen LogP contribution in [0.1, 0.15) is 18.9 Å². The van der Waals surface area contributed by atoms with Crippen LogP contribution in [0.15, 0.2) is 28.7 Å². The number of nitrogens with zero attached hydrogens (tertiary/aromatic N) is 1. The average Bonchev–Trinajstić information content (AvgIpc) is 2.42. The van der Waals surface area contributed by atoms with Gasteiger partial charge in [-0.05, 0) is 47.5 Å². The van der Waals surface area contributed by atoms with Crippen molar-refractivity contribution in [1.82, 2.24) is 4.90 Å². The largest absolute Gasteiger partial charge is 0.497 e. The lowest BCUT2D eigenvalue weighted by Gasteiger charge is -2.31. The molecule has 0 spiro atoms. The predicted molar refractivity (Wildman–Crippen MR) is 83.4 cm³/mol. The smallest absolute Gasteiger partial charge is 0.241 e. The molecule has 1 aromatic rings. The van der Waals surface area contributed by atoms with Crippen LogP contribution in [0.3, 0.4) is 0 Å². The Morgan fingerprint density at radius 2 is 2.21 bits per heavy atom. The van der Waals surface area contributed by atoms with E-state index in [4.69, 9.17) is 4.74 Å². The highest BCUT2D eigenvalue weighted by Gasteiger charge is 2.28. The van der Waals surface area contributed by atoms with E-state index in [0.717, 1.165) is 21.5 Å². The maximum Gasteiger partial charge on any atom is 0.241 e. The van der Waals surface area contributed by atoms with Gasteiger partial charge in [0.2, 0.25) is 5.91 Å². The second-order valence-corrected chi connectivity index (χ2v) is 6.18. The van der Waals surface area contributed by atoms with E-state index in [1.165, 1.54) is 0 Å².